The van der Waals surface area contributed by atoms with Gasteiger partial charge < -0.3 is 9.64 Å². The van der Waals surface area contributed by atoms with Crippen molar-refractivity contribution in [1.82, 2.24) is 9.80 Å². The van der Waals surface area contributed by atoms with Crippen molar-refractivity contribution in [3.8, 4) is 0 Å². The molecule has 0 saturated carbocycles. The highest BCUT2D eigenvalue weighted by Crippen LogP contribution is 2.38. The highest BCUT2D eigenvalue weighted by atomic mass is 19.4. The molecule has 0 aromatic heterocycles. The van der Waals surface area contributed by atoms with E-state index in [1.54, 1.807) is 23.1 Å². The first-order valence-corrected chi connectivity index (χ1v) is 7.68. The molecule has 0 bridgehead atoms. The Kier molecular flexibility index (Phi) is 4.33. The Bertz CT molecular complexity index is 556. The summed E-state index contributed by atoms with van der Waals surface area (Å²) in [7, 11) is 0. The Balaban J connectivity index is 1.67. The van der Waals surface area contributed by atoms with Crippen LogP contribution in [-0.4, -0.2) is 60.3 Å². The minimum atomic E-state index is -4.35. The lowest BCUT2D eigenvalue weighted by atomic mass is 10.0. The van der Waals surface area contributed by atoms with Crippen LogP contribution in [0.4, 0.5) is 13.2 Å². The zero-order valence-corrected chi connectivity index (χ0v) is 12.8. The van der Waals surface area contributed by atoms with Crippen LogP contribution in [0.5, 0.6) is 0 Å². The molecule has 1 unspecified atom stereocenters. The molecule has 2 aliphatic rings. The molecule has 1 aromatic carbocycles. The van der Waals surface area contributed by atoms with E-state index in [9.17, 15) is 18.0 Å². The third kappa shape index (κ3) is 3.50. The molecule has 2 aliphatic heterocycles. The molecule has 0 spiro atoms. The fourth-order valence-electron chi connectivity index (χ4n) is 3.07. The fourth-order valence-corrected chi connectivity index (χ4v) is 3.07. The molecule has 2 heterocycles. The number of carbonyl (C=O) groups is 1. The maximum absolute atomic E-state index is 13.5. The van der Waals surface area contributed by atoms with Crippen LogP contribution in [0.25, 0.3) is 0 Å². The second kappa shape index (κ2) is 6.13. The van der Waals surface area contributed by atoms with Crippen LogP contribution in [0.3, 0.4) is 0 Å². The van der Waals surface area contributed by atoms with E-state index in [1.807, 2.05) is 6.92 Å². The van der Waals surface area contributed by atoms with Crippen LogP contribution in [0, 0.1) is 0 Å². The molecule has 2 fully saturated rings. The van der Waals surface area contributed by atoms with Crippen molar-refractivity contribution in [3.05, 3.63) is 35.9 Å². The van der Waals surface area contributed by atoms with Gasteiger partial charge in [-0.1, -0.05) is 30.3 Å². The summed E-state index contributed by atoms with van der Waals surface area (Å²) in [5.41, 5.74) is 0.235. The topological polar surface area (TPSA) is 36.1 Å². The minimum absolute atomic E-state index is 0.0761. The molecular weight excluding hydrogens is 309 g/mol. The summed E-state index contributed by atoms with van der Waals surface area (Å²) < 4.78 is 45.6. The van der Waals surface area contributed by atoms with Gasteiger partial charge in [0.25, 0.3) is 5.91 Å². The third-order valence-electron chi connectivity index (χ3n) is 4.37. The first-order chi connectivity index (χ1) is 10.9. The second-order valence-corrected chi connectivity index (χ2v) is 5.98. The molecule has 1 amide bonds. The highest BCUT2D eigenvalue weighted by Gasteiger charge is 2.47. The monoisotopic (exact) mass is 328 g/mol. The zero-order valence-electron chi connectivity index (χ0n) is 12.8. The van der Waals surface area contributed by atoms with Gasteiger partial charge in [0.1, 0.15) is 6.04 Å². The predicted molar refractivity (Wildman–Crippen MR) is 77.7 cm³/mol. The molecule has 0 N–H and O–H groups in total. The first kappa shape index (κ1) is 16.3. The maximum Gasteiger partial charge on any atom is 0.408 e. The van der Waals surface area contributed by atoms with Crippen molar-refractivity contribution in [2.75, 3.05) is 26.2 Å². The molecule has 23 heavy (non-hydrogen) atoms. The van der Waals surface area contributed by atoms with Crippen LogP contribution in [0.15, 0.2) is 30.3 Å². The summed E-state index contributed by atoms with van der Waals surface area (Å²) in [6.07, 6.45) is -4.83. The summed E-state index contributed by atoms with van der Waals surface area (Å²) in [5.74, 6) is -0.111. The number of halogens is 3. The van der Waals surface area contributed by atoms with Crippen molar-refractivity contribution in [1.29, 1.82) is 0 Å². The number of hydrogen-bond acceptors (Lipinski definition) is 3. The van der Waals surface area contributed by atoms with Gasteiger partial charge in [-0.15, -0.1) is 0 Å². The van der Waals surface area contributed by atoms with Gasteiger partial charge in [-0.3, -0.25) is 9.69 Å². The molecule has 0 aliphatic carbocycles. The Morgan fingerprint density at radius 2 is 1.74 bits per heavy atom. The summed E-state index contributed by atoms with van der Waals surface area (Å²) >= 11 is 0. The number of nitrogens with zero attached hydrogens (tertiary/aromatic N) is 2. The van der Waals surface area contributed by atoms with Crippen molar-refractivity contribution in [2.45, 2.75) is 31.3 Å². The number of amides is 1. The van der Waals surface area contributed by atoms with Gasteiger partial charge in [-0.2, -0.15) is 13.2 Å². The van der Waals surface area contributed by atoms with Gasteiger partial charge in [0.15, 0.2) is 6.10 Å². The SMILES string of the molecule is C[C@@H]1O[C@H]1C(=O)N1CCN(C(c2ccccc2)C(F)(F)F)CC1. The normalized spacial score (nSPS) is 26.9. The highest BCUT2D eigenvalue weighted by molar-refractivity contribution is 5.83. The third-order valence-corrected chi connectivity index (χ3v) is 4.37. The molecule has 1 aromatic rings. The molecule has 3 atom stereocenters. The Hall–Kier alpha value is -1.60. The average molecular weight is 328 g/mol. The number of epoxide rings is 1. The first-order valence-electron chi connectivity index (χ1n) is 7.68. The molecule has 3 rings (SSSR count). The van der Waals surface area contributed by atoms with E-state index >= 15 is 0 Å². The number of alkyl halides is 3. The van der Waals surface area contributed by atoms with Crippen molar-refractivity contribution >= 4 is 5.91 Å². The van der Waals surface area contributed by atoms with E-state index < -0.39 is 18.3 Å². The summed E-state index contributed by atoms with van der Waals surface area (Å²) in [5, 5.41) is 0. The van der Waals surface area contributed by atoms with Crippen LogP contribution in [0.2, 0.25) is 0 Å². The van der Waals surface area contributed by atoms with Crippen molar-refractivity contribution in [3.63, 3.8) is 0 Å². The van der Waals surface area contributed by atoms with Crippen LogP contribution in [0.1, 0.15) is 18.5 Å². The largest absolute Gasteiger partial charge is 0.408 e. The number of carbonyl (C=O) groups excluding carboxylic acids is 1. The molecule has 2 saturated heterocycles. The van der Waals surface area contributed by atoms with E-state index in [1.165, 1.54) is 17.0 Å². The standard InChI is InChI=1S/C16H19F3N2O2/c1-11-13(23-11)15(22)21-9-7-20(8-10-21)14(16(17,18)19)12-5-3-2-4-6-12/h2-6,11,13-14H,7-10H2,1H3/t11-,13+,14?/m0/s1. The van der Waals surface area contributed by atoms with Gasteiger partial charge in [0, 0.05) is 26.2 Å². The average Bonchev–Trinajstić information content (AvgIpc) is 3.24. The maximum atomic E-state index is 13.5. The lowest BCUT2D eigenvalue weighted by molar-refractivity contribution is -0.190. The lowest BCUT2D eigenvalue weighted by Gasteiger charge is -2.40. The number of benzene rings is 1. The number of piperazine rings is 1. The van der Waals surface area contributed by atoms with E-state index in [-0.39, 0.29) is 30.7 Å². The van der Waals surface area contributed by atoms with Gasteiger partial charge in [0.2, 0.25) is 0 Å². The zero-order chi connectivity index (χ0) is 16.6. The smallest absolute Gasteiger partial charge is 0.359 e. The predicted octanol–water partition coefficient (Wildman–Crippen LogP) is 2.22. The van der Waals surface area contributed by atoms with E-state index in [4.69, 9.17) is 4.74 Å². The Labute approximate surface area is 132 Å². The van der Waals surface area contributed by atoms with E-state index in [0.717, 1.165) is 0 Å². The lowest BCUT2D eigenvalue weighted by Crippen LogP contribution is -2.53. The summed E-state index contributed by atoms with van der Waals surface area (Å²) in [4.78, 5) is 15.1. The molecule has 126 valence electrons. The molecule has 7 heteroatoms. The van der Waals surface area contributed by atoms with E-state index in [0.29, 0.717) is 13.1 Å². The van der Waals surface area contributed by atoms with Gasteiger partial charge in [-0.05, 0) is 12.5 Å². The van der Waals surface area contributed by atoms with Gasteiger partial charge >= 0.3 is 6.18 Å². The Morgan fingerprint density at radius 1 is 1.17 bits per heavy atom. The second-order valence-electron chi connectivity index (χ2n) is 5.98. The van der Waals surface area contributed by atoms with Gasteiger partial charge in [0.05, 0.1) is 6.10 Å². The van der Waals surface area contributed by atoms with Crippen molar-refractivity contribution in [2.24, 2.45) is 0 Å². The van der Waals surface area contributed by atoms with Crippen LogP contribution in [-0.2, 0) is 9.53 Å². The number of hydrogen-bond donors (Lipinski definition) is 0. The van der Waals surface area contributed by atoms with Crippen LogP contribution >= 0.6 is 0 Å². The molecular formula is C16H19F3N2O2. The fraction of sp³-hybridized carbons (Fsp3) is 0.562. The Morgan fingerprint density at radius 3 is 2.22 bits per heavy atom. The quantitative estimate of drug-likeness (QED) is 0.798. The summed E-state index contributed by atoms with van der Waals surface area (Å²) in [6.45, 7) is 2.81. The molecule has 4 nitrogen and oxygen atoms in total. The summed E-state index contributed by atoms with van der Waals surface area (Å²) in [6, 6.07) is 6.28. The molecule has 0 radical (unpaired) electrons. The van der Waals surface area contributed by atoms with E-state index in [2.05, 4.69) is 0 Å². The number of ether oxygens (including phenoxy) is 1. The van der Waals surface area contributed by atoms with Crippen LogP contribution < -0.4 is 0 Å². The van der Waals surface area contributed by atoms with Crippen molar-refractivity contribution < 1.29 is 22.7 Å². The number of rotatable bonds is 3. The minimum Gasteiger partial charge on any atom is -0.359 e. The van der Waals surface area contributed by atoms with Gasteiger partial charge in [-0.25, -0.2) is 0 Å².